The van der Waals surface area contributed by atoms with Crippen LogP contribution in [0.1, 0.15) is 12.5 Å². The van der Waals surface area contributed by atoms with E-state index in [1.807, 2.05) is 25.1 Å². The first-order valence-electron chi connectivity index (χ1n) is 4.17. The monoisotopic (exact) mass is 165 g/mol. The van der Waals surface area contributed by atoms with Gasteiger partial charge < -0.3 is 10.1 Å². The van der Waals surface area contributed by atoms with Crippen molar-refractivity contribution in [2.75, 3.05) is 19.0 Å². The van der Waals surface area contributed by atoms with E-state index in [0.717, 1.165) is 23.5 Å². The van der Waals surface area contributed by atoms with Crippen molar-refractivity contribution in [3.63, 3.8) is 0 Å². The topological polar surface area (TPSA) is 21.3 Å². The molecule has 0 heterocycles. The normalized spacial score (nSPS) is 9.58. The molecule has 0 radical (unpaired) electrons. The van der Waals surface area contributed by atoms with E-state index in [4.69, 9.17) is 4.74 Å². The molecule has 2 heteroatoms. The lowest BCUT2D eigenvalue weighted by Crippen LogP contribution is -2.00. The van der Waals surface area contributed by atoms with Crippen LogP contribution in [0.15, 0.2) is 18.2 Å². The van der Waals surface area contributed by atoms with Crippen molar-refractivity contribution in [2.45, 2.75) is 13.8 Å². The zero-order valence-corrected chi connectivity index (χ0v) is 7.85. The van der Waals surface area contributed by atoms with E-state index >= 15 is 0 Å². The van der Waals surface area contributed by atoms with Crippen LogP contribution in [-0.4, -0.2) is 13.7 Å². The van der Waals surface area contributed by atoms with E-state index in [0.29, 0.717) is 0 Å². The summed E-state index contributed by atoms with van der Waals surface area (Å²) < 4.78 is 5.27. The van der Waals surface area contributed by atoms with Gasteiger partial charge >= 0.3 is 0 Å². The Morgan fingerprint density at radius 2 is 2.17 bits per heavy atom. The van der Waals surface area contributed by atoms with E-state index in [9.17, 15) is 0 Å². The fourth-order valence-corrected chi connectivity index (χ4v) is 1.25. The Hall–Kier alpha value is -1.18. The van der Waals surface area contributed by atoms with Gasteiger partial charge in [-0.3, -0.25) is 0 Å². The molecule has 0 saturated carbocycles. The number of hydrogen-bond acceptors (Lipinski definition) is 2. The van der Waals surface area contributed by atoms with Crippen molar-refractivity contribution in [2.24, 2.45) is 0 Å². The summed E-state index contributed by atoms with van der Waals surface area (Å²) in [6, 6.07) is 6.09. The number of benzene rings is 1. The van der Waals surface area contributed by atoms with Gasteiger partial charge in [-0.1, -0.05) is 12.1 Å². The minimum atomic E-state index is 0.916. The molecule has 0 aliphatic heterocycles. The van der Waals surface area contributed by atoms with Gasteiger partial charge in [-0.05, 0) is 25.5 Å². The molecule has 0 unspecified atom stereocenters. The van der Waals surface area contributed by atoms with Crippen molar-refractivity contribution in [1.29, 1.82) is 0 Å². The van der Waals surface area contributed by atoms with Crippen LogP contribution in [-0.2, 0) is 0 Å². The van der Waals surface area contributed by atoms with Crippen LogP contribution >= 0.6 is 0 Å². The van der Waals surface area contributed by atoms with E-state index in [1.165, 1.54) is 0 Å². The summed E-state index contributed by atoms with van der Waals surface area (Å²) in [5.41, 5.74) is 2.23. The van der Waals surface area contributed by atoms with Gasteiger partial charge in [0.25, 0.3) is 0 Å². The number of anilines is 1. The molecule has 0 atom stereocenters. The predicted octanol–water partition coefficient (Wildman–Crippen LogP) is 2.44. The number of rotatable bonds is 3. The third-order valence-electron chi connectivity index (χ3n) is 1.78. The molecule has 0 aliphatic carbocycles. The van der Waals surface area contributed by atoms with E-state index in [2.05, 4.69) is 12.2 Å². The molecule has 0 amide bonds. The number of aryl methyl sites for hydroxylation is 1. The molecule has 2 nitrogen and oxygen atoms in total. The summed E-state index contributed by atoms with van der Waals surface area (Å²) in [6.07, 6.45) is 0. The number of hydrogen-bond donors (Lipinski definition) is 1. The van der Waals surface area contributed by atoms with E-state index in [-0.39, 0.29) is 0 Å². The lowest BCUT2D eigenvalue weighted by Gasteiger charge is -2.11. The zero-order valence-electron chi connectivity index (χ0n) is 7.85. The van der Waals surface area contributed by atoms with Gasteiger partial charge in [-0.15, -0.1) is 0 Å². The first-order chi connectivity index (χ1) is 5.79. The van der Waals surface area contributed by atoms with Crippen molar-refractivity contribution in [3.8, 4) is 5.75 Å². The second-order valence-electron chi connectivity index (χ2n) is 2.69. The summed E-state index contributed by atoms with van der Waals surface area (Å²) in [4.78, 5) is 0. The van der Waals surface area contributed by atoms with Crippen molar-refractivity contribution < 1.29 is 4.74 Å². The SMILES string of the molecule is CCNc1cccc(C)c1OC. The van der Waals surface area contributed by atoms with Gasteiger partial charge in [0.1, 0.15) is 5.75 Å². The molecule has 1 aromatic carbocycles. The first kappa shape index (κ1) is 8.91. The smallest absolute Gasteiger partial charge is 0.144 e. The summed E-state index contributed by atoms with van der Waals surface area (Å²) in [5, 5.41) is 3.24. The van der Waals surface area contributed by atoms with Crippen LogP contribution in [0.25, 0.3) is 0 Å². The third kappa shape index (κ3) is 1.70. The maximum atomic E-state index is 5.27. The van der Waals surface area contributed by atoms with E-state index < -0.39 is 0 Å². The maximum absolute atomic E-state index is 5.27. The molecule has 12 heavy (non-hydrogen) atoms. The summed E-state index contributed by atoms with van der Waals surface area (Å²) >= 11 is 0. The lowest BCUT2D eigenvalue weighted by atomic mass is 10.2. The highest BCUT2D eigenvalue weighted by Gasteiger charge is 2.02. The molecule has 1 N–H and O–H groups in total. The van der Waals surface area contributed by atoms with Gasteiger partial charge in [0.15, 0.2) is 0 Å². The van der Waals surface area contributed by atoms with Gasteiger partial charge in [0.05, 0.1) is 12.8 Å². The number of methoxy groups -OCH3 is 1. The molecule has 1 aromatic rings. The second kappa shape index (κ2) is 4.00. The molecular weight excluding hydrogens is 150 g/mol. The van der Waals surface area contributed by atoms with Crippen LogP contribution < -0.4 is 10.1 Å². The van der Waals surface area contributed by atoms with Crippen LogP contribution in [0.3, 0.4) is 0 Å². The van der Waals surface area contributed by atoms with Crippen LogP contribution in [0.4, 0.5) is 5.69 Å². The third-order valence-corrected chi connectivity index (χ3v) is 1.78. The van der Waals surface area contributed by atoms with Gasteiger partial charge in [-0.2, -0.15) is 0 Å². The Bertz CT molecular complexity index is 258. The van der Waals surface area contributed by atoms with Crippen molar-refractivity contribution in [3.05, 3.63) is 23.8 Å². The minimum absolute atomic E-state index is 0.916. The fraction of sp³-hybridized carbons (Fsp3) is 0.400. The highest BCUT2D eigenvalue weighted by molar-refractivity contribution is 5.59. The quantitative estimate of drug-likeness (QED) is 0.742. The Kier molecular flexibility index (Phi) is 2.97. The average Bonchev–Trinajstić information content (AvgIpc) is 2.05. The van der Waals surface area contributed by atoms with E-state index in [1.54, 1.807) is 7.11 Å². The molecular formula is C10H15NO. The van der Waals surface area contributed by atoms with Gasteiger partial charge in [0.2, 0.25) is 0 Å². The number of nitrogens with one attached hydrogen (secondary N) is 1. The lowest BCUT2D eigenvalue weighted by molar-refractivity contribution is 0.413. The Morgan fingerprint density at radius 1 is 1.42 bits per heavy atom. The maximum Gasteiger partial charge on any atom is 0.144 e. The largest absolute Gasteiger partial charge is 0.494 e. The molecule has 0 bridgehead atoms. The van der Waals surface area contributed by atoms with Gasteiger partial charge in [0, 0.05) is 6.54 Å². The Morgan fingerprint density at radius 3 is 2.75 bits per heavy atom. The van der Waals surface area contributed by atoms with Crippen LogP contribution in [0.5, 0.6) is 5.75 Å². The molecule has 1 rings (SSSR count). The molecule has 0 spiro atoms. The molecule has 0 aromatic heterocycles. The minimum Gasteiger partial charge on any atom is -0.494 e. The highest BCUT2D eigenvalue weighted by Crippen LogP contribution is 2.27. The van der Waals surface area contributed by atoms with Gasteiger partial charge in [-0.25, -0.2) is 0 Å². The predicted molar refractivity (Wildman–Crippen MR) is 51.9 cm³/mol. The Balaban J connectivity index is 3.00. The molecule has 0 saturated heterocycles. The van der Waals surface area contributed by atoms with Crippen molar-refractivity contribution in [1.82, 2.24) is 0 Å². The summed E-state index contributed by atoms with van der Waals surface area (Å²) in [5.74, 6) is 0.944. The van der Waals surface area contributed by atoms with Crippen molar-refractivity contribution >= 4 is 5.69 Å². The average molecular weight is 165 g/mol. The first-order valence-corrected chi connectivity index (χ1v) is 4.17. The fourth-order valence-electron chi connectivity index (χ4n) is 1.25. The number of para-hydroxylation sites is 1. The molecule has 0 fully saturated rings. The molecule has 0 aliphatic rings. The zero-order chi connectivity index (χ0) is 8.97. The molecule has 66 valence electrons. The standard InChI is InChI=1S/C10H15NO/c1-4-11-9-7-5-6-8(2)10(9)12-3/h5-7,11H,4H2,1-3H3. The second-order valence-corrected chi connectivity index (χ2v) is 2.69. The van der Waals surface area contributed by atoms with Crippen LogP contribution in [0.2, 0.25) is 0 Å². The summed E-state index contributed by atoms with van der Waals surface area (Å²) in [6.45, 7) is 5.03. The summed E-state index contributed by atoms with van der Waals surface area (Å²) in [7, 11) is 1.70. The highest BCUT2D eigenvalue weighted by atomic mass is 16.5. The Labute approximate surface area is 73.6 Å². The van der Waals surface area contributed by atoms with Crippen LogP contribution in [0, 0.1) is 6.92 Å². The number of ether oxygens (including phenoxy) is 1.